The summed E-state index contributed by atoms with van der Waals surface area (Å²) in [5.74, 6) is 0. The summed E-state index contributed by atoms with van der Waals surface area (Å²) in [6, 6.07) is 61.6. The van der Waals surface area contributed by atoms with Crippen molar-refractivity contribution in [3.8, 4) is 28.2 Å². The van der Waals surface area contributed by atoms with Crippen LogP contribution < -0.4 is 0 Å². The Morgan fingerprint density at radius 1 is 0.291 bits per heavy atom. The second kappa shape index (κ2) is 11.8. The van der Waals surface area contributed by atoms with Crippen molar-refractivity contribution in [3.63, 3.8) is 0 Å². The zero-order chi connectivity index (χ0) is 36.6. The van der Waals surface area contributed by atoms with Crippen LogP contribution in [0.25, 0.3) is 103 Å². The highest BCUT2D eigenvalue weighted by Gasteiger charge is 2.18. The van der Waals surface area contributed by atoms with E-state index in [0.29, 0.717) is 11.4 Å². The molecule has 254 valence electrons. The standard InChI is InChI=1S/C50H29N5/c1-51-34-22-25-49-44(30-34)42-17-6-10-21-48(42)55(49)38-28-33(26-35(29-38)52-2)32-12-11-13-36(27-32)54-47-20-9-5-16-41(47)43-24-23-37(31-50(43)54)53-45-18-7-3-14-39(45)40-15-4-8-19-46(40)53/h3-31H. The molecule has 0 aliphatic heterocycles. The van der Waals surface area contributed by atoms with Crippen LogP contribution in [0.1, 0.15) is 0 Å². The van der Waals surface area contributed by atoms with Crippen LogP contribution in [-0.2, 0) is 0 Å². The lowest BCUT2D eigenvalue weighted by Gasteiger charge is -2.14. The normalized spacial score (nSPS) is 11.6. The summed E-state index contributed by atoms with van der Waals surface area (Å²) in [6.45, 7) is 15.7. The van der Waals surface area contributed by atoms with Gasteiger partial charge in [-0.2, -0.15) is 0 Å². The van der Waals surface area contributed by atoms with E-state index in [4.69, 9.17) is 13.1 Å². The summed E-state index contributed by atoms with van der Waals surface area (Å²) < 4.78 is 6.95. The van der Waals surface area contributed by atoms with E-state index < -0.39 is 0 Å². The first-order valence-corrected chi connectivity index (χ1v) is 18.2. The van der Waals surface area contributed by atoms with Gasteiger partial charge < -0.3 is 13.7 Å². The largest absolute Gasteiger partial charge is 0.311 e. The molecule has 0 amide bonds. The van der Waals surface area contributed by atoms with E-state index in [9.17, 15) is 0 Å². The lowest BCUT2D eigenvalue weighted by Crippen LogP contribution is -1.97. The molecule has 5 nitrogen and oxygen atoms in total. The molecule has 0 aliphatic rings. The lowest BCUT2D eigenvalue weighted by atomic mass is 10.0. The van der Waals surface area contributed by atoms with E-state index in [1.54, 1.807) is 0 Å². The van der Waals surface area contributed by atoms with Crippen molar-refractivity contribution in [2.45, 2.75) is 0 Å². The van der Waals surface area contributed by atoms with E-state index in [2.05, 4.69) is 157 Å². The first-order chi connectivity index (χ1) is 27.2. The van der Waals surface area contributed by atoms with Crippen LogP contribution in [-0.4, -0.2) is 13.7 Å². The summed E-state index contributed by atoms with van der Waals surface area (Å²) in [6.07, 6.45) is 0. The topological polar surface area (TPSA) is 23.5 Å². The average Bonchev–Trinajstić information content (AvgIpc) is 3.88. The van der Waals surface area contributed by atoms with E-state index in [1.807, 2.05) is 42.5 Å². The first-order valence-electron chi connectivity index (χ1n) is 18.2. The molecule has 0 saturated heterocycles. The summed E-state index contributed by atoms with van der Waals surface area (Å²) in [4.78, 5) is 7.63. The zero-order valence-electron chi connectivity index (χ0n) is 29.5. The maximum Gasteiger partial charge on any atom is 0.189 e. The highest BCUT2D eigenvalue weighted by atomic mass is 15.0. The summed E-state index contributed by atoms with van der Waals surface area (Å²) in [5.41, 5.74) is 12.8. The highest BCUT2D eigenvalue weighted by molar-refractivity contribution is 6.13. The predicted molar refractivity (Wildman–Crippen MR) is 227 cm³/mol. The Morgan fingerprint density at radius 3 is 1.40 bits per heavy atom. The van der Waals surface area contributed by atoms with Gasteiger partial charge in [0.25, 0.3) is 0 Å². The lowest BCUT2D eigenvalue weighted by molar-refractivity contribution is 1.15. The number of fused-ring (bicyclic) bond motifs is 9. The Balaban J connectivity index is 1.12. The van der Waals surface area contributed by atoms with Crippen LogP contribution >= 0.6 is 0 Å². The number of benzene rings is 8. The third kappa shape index (κ3) is 4.58. The number of rotatable bonds is 4. The molecule has 5 heteroatoms. The smallest absolute Gasteiger partial charge is 0.189 e. The van der Waals surface area contributed by atoms with Crippen LogP contribution in [0.2, 0.25) is 0 Å². The van der Waals surface area contributed by atoms with Gasteiger partial charge in [0, 0.05) is 44.0 Å². The second-order valence-corrected chi connectivity index (χ2v) is 14.0. The van der Waals surface area contributed by atoms with Gasteiger partial charge in [-0.3, -0.25) is 0 Å². The van der Waals surface area contributed by atoms with Gasteiger partial charge in [-0.1, -0.05) is 97.1 Å². The van der Waals surface area contributed by atoms with Gasteiger partial charge in [0.05, 0.1) is 46.2 Å². The third-order valence-corrected chi connectivity index (χ3v) is 11.0. The third-order valence-electron chi connectivity index (χ3n) is 11.0. The fraction of sp³-hybridized carbons (Fsp3) is 0. The molecule has 8 aromatic carbocycles. The molecule has 3 heterocycles. The quantitative estimate of drug-likeness (QED) is 0.163. The minimum atomic E-state index is 0.564. The SMILES string of the molecule is [C-]#[N+]c1cc(-c2cccc(-n3c4ccccc4c4ccc(-n5c6ccccc6c6ccccc65)cc43)c2)cc(-n2c3ccccc3c3cc([N+]#[C-])ccc32)c1. The molecule has 3 aromatic heterocycles. The Morgan fingerprint density at radius 2 is 0.782 bits per heavy atom. The molecule has 0 unspecified atom stereocenters. The van der Waals surface area contributed by atoms with Gasteiger partial charge in [-0.25, -0.2) is 9.69 Å². The van der Waals surface area contributed by atoms with Gasteiger partial charge in [0.1, 0.15) is 0 Å². The highest BCUT2D eigenvalue weighted by Crippen LogP contribution is 2.40. The van der Waals surface area contributed by atoms with Gasteiger partial charge in [0.15, 0.2) is 11.4 Å². The molecule has 11 aromatic rings. The number of para-hydroxylation sites is 4. The fourth-order valence-electron chi connectivity index (χ4n) is 8.67. The van der Waals surface area contributed by atoms with Gasteiger partial charge in [0.2, 0.25) is 0 Å². The first kappa shape index (κ1) is 30.7. The minimum Gasteiger partial charge on any atom is -0.311 e. The van der Waals surface area contributed by atoms with E-state index >= 15 is 0 Å². The van der Waals surface area contributed by atoms with E-state index in [0.717, 1.165) is 61.0 Å². The minimum absolute atomic E-state index is 0.564. The van der Waals surface area contributed by atoms with Crippen LogP contribution in [0.3, 0.4) is 0 Å². The second-order valence-electron chi connectivity index (χ2n) is 14.0. The molecule has 0 radical (unpaired) electrons. The number of hydrogen-bond donors (Lipinski definition) is 0. The summed E-state index contributed by atoms with van der Waals surface area (Å²) >= 11 is 0. The van der Waals surface area contributed by atoms with Crippen molar-refractivity contribution in [2.75, 3.05) is 0 Å². The van der Waals surface area contributed by atoms with Crippen molar-refractivity contribution in [2.24, 2.45) is 0 Å². The van der Waals surface area contributed by atoms with Crippen molar-refractivity contribution >= 4 is 76.8 Å². The Kier molecular flexibility index (Phi) is 6.61. The van der Waals surface area contributed by atoms with Crippen molar-refractivity contribution in [1.82, 2.24) is 13.7 Å². The number of hydrogen-bond acceptors (Lipinski definition) is 0. The molecular weight excluding hydrogens is 671 g/mol. The van der Waals surface area contributed by atoms with E-state index in [1.165, 1.54) is 32.6 Å². The molecule has 0 atom stereocenters. The van der Waals surface area contributed by atoms with Crippen LogP contribution in [0.15, 0.2) is 176 Å². The molecule has 0 bridgehead atoms. The van der Waals surface area contributed by atoms with Crippen molar-refractivity contribution < 1.29 is 0 Å². The van der Waals surface area contributed by atoms with Gasteiger partial charge in [-0.15, -0.1) is 0 Å². The molecule has 0 N–H and O–H groups in total. The van der Waals surface area contributed by atoms with Crippen LogP contribution in [0, 0.1) is 13.1 Å². The number of nitrogens with zero attached hydrogens (tertiary/aromatic N) is 5. The Labute approximate surface area is 316 Å². The summed E-state index contributed by atoms with van der Waals surface area (Å²) in [5, 5.41) is 6.96. The maximum absolute atomic E-state index is 8.10. The monoisotopic (exact) mass is 699 g/mol. The van der Waals surface area contributed by atoms with Crippen LogP contribution in [0.5, 0.6) is 0 Å². The zero-order valence-corrected chi connectivity index (χ0v) is 29.5. The van der Waals surface area contributed by atoms with Gasteiger partial charge in [-0.05, 0) is 95.4 Å². The average molecular weight is 700 g/mol. The predicted octanol–water partition coefficient (Wildman–Crippen LogP) is 13.7. The maximum atomic E-state index is 8.10. The van der Waals surface area contributed by atoms with Crippen molar-refractivity contribution in [1.29, 1.82) is 0 Å². The molecule has 0 saturated carbocycles. The fourth-order valence-corrected chi connectivity index (χ4v) is 8.67. The summed E-state index contributed by atoms with van der Waals surface area (Å²) in [7, 11) is 0. The molecule has 11 rings (SSSR count). The van der Waals surface area contributed by atoms with Gasteiger partial charge >= 0.3 is 0 Å². The molecule has 0 spiro atoms. The molecule has 0 fully saturated rings. The molecular formula is C50H29N5. The Bertz CT molecular complexity index is 3420. The van der Waals surface area contributed by atoms with E-state index in [-0.39, 0.29) is 0 Å². The number of aromatic nitrogens is 3. The van der Waals surface area contributed by atoms with Crippen LogP contribution in [0.4, 0.5) is 11.4 Å². The molecule has 55 heavy (non-hydrogen) atoms. The van der Waals surface area contributed by atoms with Crippen molar-refractivity contribution in [3.05, 3.63) is 199 Å². The molecule has 0 aliphatic carbocycles. The Hall–Kier alpha value is -7.86.